The molecule has 0 radical (unpaired) electrons. The summed E-state index contributed by atoms with van der Waals surface area (Å²) in [6.07, 6.45) is 1.78. The van der Waals surface area contributed by atoms with Crippen LogP contribution in [0.2, 0.25) is 0 Å². The Hall–Kier alpha value is -2.00. The highest BCUT2D eigenvalue weighted by molar-refractivity contribution is 5.45. The molecule has 22 heavy (non-hydrogen) atoms. The normalized spacial score (nSPS) is 15.4. The van der Waals surface area contributed by atoms with Crippen molar-refractivity contribution in [3.63, 3.8) is 0 Å². The maximum Gasteiger partial charge on any atom is 0.123 e. The summed E-state index contributed by atoms with van der Waals surface area (Å²) in [5, 5.41) is 18.9. The van der Waals surface area contributed by atoms with Crippen LogP contribution in [-0.2, 0) is 24.9 Å². The van der Waals surface area contributed by atoms with Crippen LogP contribution in [0.1, 0.15) is 36.1 Å². The molecular formula is C19H22O3. The van der Waals surface area contributed by atoms with Crippen LogP contribution in [-0.4, -0.2) is 16.8 Å². The van der Waals surface area contributed by atoms with E-state index in [9.17, 15) is 5.11 Å². The lowest BCUT2D eigenvalue weighted by Crippen LogP contribution is -2.18. The van der Waals surface area contributed by atoms with Crippen LogP contribution in [0.25, 0.3) is 0 Å². The first kappa shape index (κ1) is 14.9. The molecule has 0 atom stereocenters. The zero-order chi connectivity index (χ0) is 15.7. The van der Waals surface area contributed by atoms with E-state index in [2.05, 4.69) is 32.0 Å². The molecule has 0 fully saturated rings. The van der Waals surface area contributed by atoms with Crippen molar-refractivity contribution in [2.75, 3.05) is 6.61 Å². The number of fused-ring (bicyclic) bond motifs is 1. The minimum Gasteiger partial charge on any atom is -0.508 e. The molecule has 0 saturated carbocycles. The number of aryl methyl sites for hydroxylation is 2. The quantitative estimate of drug-likeness (QED) is 0.910. The Labute approximate surface area is 131 Å². The Bertz CT molecular complexity index is 689. The zero-order valence-electron chi connectivity index (χ0n) is 13.1. The van der Waals surface area contributed by atoms with Crippen LogP contribution in [0.3, 0.4) is 0 Å². The lowest BCUT2D eigenvalue weighted by molar-refractivity contribution is 0.275. The van der Waals surface area contributed by atoms with Crippen molar-refractivity contribution in [2.45, 2.75) is 38.7 Å². The van der Waals surface area contributed by atoms with Gasteiger partial charge in [0.15, 0.2) is 0 Å². The van der Waals surface area contributed by atoms with Gasteiger partial charge in [0, 0.05) is 16.5 Å². The van der Waals surface area contributed by atoms with Gasteiger partial charge in [0.25, 0.3) is 0 Å². The summed E-state index contributed by atoms with van der Waals surface area (Å²) in [4.78, 5) is 0. The Balaban J connectivity index is 1.74. The van der Waals surface area contributed by atoms with E-state index in [1.165, 1.54) is 11.1 Å². The molecule has 2 aromatic rings. The molecule has 3 heteroatoms. The van der Waals surface area contributed by atoms with Gasteiger partial charge in [-0.2, -0.15) is 0 Å². The Morgan fingerprint density at radius 1 is 1.05 bits per heavy atom. The van der Waals surface area contributed by atoms with Gasteiger partial charge in [0.2, 0.25) is 0 Å². The third-order valence-electron chi connectivity index (χ3n) is 4.38. The first-order valence-corrected chi connectivity index (χ1v) is 7.67. The van der Waals surface area contributed by atoms with E-state index in [0.29, 0.717) is 5.56 Å². The molecule has 2 N–H and O–H groups in total. The van der Waals surface area contributed by atoms with E-state index >= 15 is 0 Å². The summed E-state index contributed by atoms with van der Waals surface area (Å²) in [5.41, 5.74) is 4.28. The van der Waals surface area contributed by atoms with Crippen molar-refractivity contribution in [3.8, 4) is 11.5 Å². The summed E-state index contributed by atoms with van der Waals surface area (Å²) in [5.74, 6) is 1.17. The fourth-order valence-corrected chi connectivity index (χ4v) is 2.91. The third kappa shape index (κ3) is 2.81. The average molecular weight is 298 g/mol. The number of phenols is 1. The van der Waals surface area contributed by atoms with Gasteiger partial charge in [-0.25, -0.2) is 0 Å². The molecule has 3 rings (SSSR count). The monoisotopic (exact) mass is 298 g/mol. The maximum absolute atomic E-state index is 9.81. The summed E-state index contributed by atoms with van der Waals surface area (Å²) in [7, 11) is 0. The lowest BCUT2D eigenvalue weighted by Gasteiger charge is -2.16. The SMILES string of the molecule is CC1(C)COc2ccc(CCc3ccc(CO)c(O)c3)cc21. The highest BCUT2D eigenvalue weighted by Crippen LogP contribution is 2.38. The van der Waals surface area contributed by atoms with E-state index in [0.717, 1.165) is 30.8 Å². The van der Waals surface area contributed by atoms with Crippen LogP contribution in [0.5, 0.6) is 11.5 Å². The largest absolute Gasteiger partial charge is 0.508 e. The van der Waals surface area contributed by atoms with Gasteiger partial charge < -0.3 is 14.9 Å². The van der Waals surface area contributed by atoms with Gasteiger partial charge in [-0.1, -0.05) is 38.1 Å². The molecule has 0 spiro atoms. The number of hydrogen-bond donors (Lipinski definition) is 2. The third-order valence-corrected chi connectivity index (χ3v) is 4.38. The topological polar surface area (TPSA) is 49.7 Å². The van der Waals surface area contributed by atoms with Crippen molar-refractivity contribution in [3.05, 3.63) is 58.7 Å². The molecule has 0 aromatic heterocycles. The second-order valence-electron chi connectivity index (χ2n) is 6.62. The van der Waals surface area contributed by atoms with Crippen molar-refractivity contribution in [2.24, 2.45) is 0 Å². The van der Waals surface area contributed by atoms with Crippen LogP contribution in [0.15, 0.2) is 36.4 Å². The van der Waals surface area contributed by atoms with Gasteiger partial charge >= 0.3 is 0 Å². The Morgan fingerprint density at radius 3 is 2.41 bits per heavy atom. The molecule has 0 saturated heterocycles. The van der Waals surface area contributed by atoms with E-state index in [1.54, 1.807) is 12.1 Å². The number of rotatable bonds is 4. The first-order valence-electron chi connectivity index (χ1n) is 7.67. The van der Waals surface area contributed by atoms with Gasteiger partial charge in [0.1, 0.15) is 11.5 Å². The second-order valence-corrected chi connectivity index (χ2v) is 6.62. The predicted molar refractivity (Wildman–Crippen MR) is 86.4 cm³/mol. The second kappa shape index (κ2) is 5.65. The predicted octanol–water partition coefficient (Wildman–Crippen LogP) is 3.34. The Morgan fingerprint density at radius 2 is 1.73 bits per heavy atom. The van der Waals surface area contributed by atoms with E-state index in [-0.39, 0.29) is 17.8 Å². The van der Waals surface area contributed by atoms with Gasteiger partial charge in [-0.15, -0.1) is 0 Å². The standard InChI is InChI=1S/C19H22O3/c1-19(2)12-22-18-8-6-13(9-16(18)19)3-4-14-5-7-15(11-20)17(21)10-14/h5-10,20-21H,3-4,11-12H2,1-2H3. The molecule has 3 nitrogen and oxygen atoms in total. The van der Waals surface area contributed by atoms with Gasteiger partial charge in [-0.3, -0.25) is 0 Å². The number of ether oxygens (including phenoxy) is 1. The van der Waals surface area contributed by atoms with Crippen molar-refractivity contribution in [1.29, 1.82) is 0 Å². The van der Waals surface area contributed by atoms with E-state index in [4.69, 9.17) is 9.84 Å². The minimum absolute atomic E-state index is 0.0758. The molecule has 0 bridgehead atoms. The molecule has 0 aliphatic carbocycles. The summed E-state index contributed by atoms with van der Waals surface area (Å²) < 4.78 is 5.72. The number of aliphatic hydroxyl groups is 1. The number of hydrogen-bond acceptors (Lipinski definition) is 3. The summed E-state index contributed by atoms with van der Waals surface area (Å²) in [6, 6.07) is 11.9. The highest BCUT2D eigenvalue weighted by atomic mass is 16.5. The van der Waals surface area contributed by atoms with Crippen molar-refractivity contribution in [1.82, 2.24) is 0 Å². The first-order chi connectivity index (χ1) is 10.5. The number of benzene rings is 2. The fraction of sp³-hybridized carbons (Fsp3) is 0.368. The van der Waals surface area contributed by atoms with Crippen LogP contribution in [0.4, 0.5) is 0 Å². The van der Waals surface area contributed by atoms with Gasteiger partial charge in [-0.05, 0) is 36.1 Å². The van der Waals surface area contributed by atoms with Crippen molar-refractivity contribution >= 4 is 0 Å². The van der Waals surface area contributed by atoms with Crippen LogP contribution in [0, 0.1) is 0 Å². The summed E-state index contributed by atoms with van der Waals surface area (Å²) >= 11 is 0. The zero-order valence-corrected chi connectivity index (χ0v) is 13.1. The minimum atomic E-state index is -0.133. The summed E-state index contributed by atoms with van der Waals surface area (Å²) in [6.45, 7) is 5.01. The fourth-order valence-electron chi connectivity index (χ4n) is 2.91. The molecule has 0 unspecified atom stereocenters. The Kier molecular flexibility index (Phi) is 3.83. The average Bonchev–Trinajstić information content (AvgIpc) is 2.81. The molecule has 1 aliphatic rings. The molecule has 0 amide bonds. The van der Waals surface area contributed by atoms with Crippen LogP contribution >= 0.6 is 0 Å². The molecule has 1 heterocycles. The van der Waals surface area contributed by atoms with Crippen LogP contribution < -0.4 is 4.74 Å². The lowest BCUT2D eigenvalue weighted by atomic mass is 9.85. The molecule has 1 aliphatic heterocycles. The van der Waals surface area contributed by atoms with E-state index < -0.39 is 0 Å². The maximum atomic E-state index is 9.81. The van der Waals surface area contributed by atoms with Gasteiger partial charge in [0.05, 0.1) is 13.2 Å². The number of aliphatic hydroxyl groups excluding tert-OH is 1. The smallest absolute Gasteiger partial charge is 0.123 e. The molecular weight excluding hydrogens is 276 g/mol. The highest BCUT2D eigenvalue weighted by Gasteiger charge is 2.31. The molecule has 2 aromatic carbocycles. The van der Waals surface area contributed by atoms with E-state index in [1.807, 2.05) is 6.07 Å². The molecule has 116 valence electrons. The number of aromatic hydroxyl groups is 1. The van der Waals surface area contributed by atoms with Crippen molar-refractivity contribution < 1.29 is 14.9 Å².